The van der Waals surface area contributed by atoms with E-state index < -0.39 is 10.0 Å². The van der Waals surface area contributed by atoms with Gasteiger partial charge < -0.3 is 5.73 Å². The van der Waals surface area contributed by atoms with Crippen LogP contribution in [-0.2, 0) is 10.0 Å². The first-order chi connectivity index (χ1) is 7.98. The van der Waals surface area contributed by atoms with E-state index in [0.29, 0.717) is 23.0 Å². The molecule has 17 heavy (non-hydrogen) atoms. The van der Waals surface area contributed by atoms with Gasteiger partial charge in [-0.1, -0.05) is 30.5 Å². The molecular formula is C11H15ClN2O2S. The maximum Gasteiger partial charge on any atom is 0.232 e. The summed E-state index contributed by atoms with van der Waals surface area (Å²) in [7, 11) is -3.35. The van der Waals surface area contributed by atoms with E-state index in [9.17, 15) is 8.42 Å². The Bertz CT molecular complexity index is 492. The molecule has 0 aromatic heterocycles. The number of anilines is 2. The van der Waals surface area contributed by atoms with Gasteiger partial charge in [0.15, 0.2) is 0 Å². The Labute approximate surface area is 106 Å². The molecule has 0 spiro atoms. The summed E-state index contributed by atoms with van der Waals surface area (Å²) >= 11 is 5.90. The first-order valence-corrected chi connectivity index (χ1v) is 7.55. The highest BCUT2D eigenvalue weighted by Crippen LogP contribution is 2.33. The number of sulfonamides is 1. The fourth-order valence-corrected chi connectivity index (χ4v) is 3.15. The third kappa shape index (κ3) is 3.51. The zero-order valence-corrected chi connectivity index (χ0v) is 10.9. The second-order valence-electron chi connectivity index (χ2n) is 4.36. The Kier molecular flexibility index (Phi) is 3.49. The molecule has 4 nitrogen and oxygen atoms in total. The van der Waals surface area contributed by atoms with Crippen molar-refractivity contribution < 1.29 is 8.42 Å². The monoisotopic (exact) mass is 274 g/mol. The Morgan fingerprint density at radius 2 is 2.12 bits per heavy atom. The van der Waals surface area contributed by atoms with Gasteiger partial charge in [0.25, 0.3) is 0 Å². The van der Waals surface area contributed by atoms with Crippen molar-refractivity contribution in [3.8, 4) is 0 Å². The first-order valence-electron chi connectivity index (χ1n) is 5.52. The number of benzene rings is 1. The van der Waals surface area contributed by atoms with Crippen molar-refractivity contribution in [2.24, 2.45) is 5.92 Å². The number of hydrogen-bond donors (Lipinski definition) is 2. The maximum absolute atomic E-state index is 11.8. The molecule has 6 heteroatoms. The predicted octanol–water partition coefficient (Wildman–Crippen LogP) is 2.46. The summed E-state index contributed by atoms with van der Waals surface area (Å²) in [5.74, 6) is 0.706. The minimum absolute atomic E-state index is 0.127. The minimum atomic E-state index is -3.35. The van der Waals surface area contributed by atoms with Gasteiger partial charge in [0.05, 0.1) is 22.2 Å². The maximum atomic E-state index is 11.8. The van der Waals surface area contributed by atoms with Crippen molar-refractivity contribution in [2.45, 2.75) is 19.3 Å². The Balaban J connectivity index is 2.07. The molecular weight excluding hydrogens is 260 g/mol. The number of halogens is 1. The van der Waals surface area contributed by atoms with Crippen LogP contribution < -0.4 is 10.5 Å². The number of rotatable bonds is 5. The molecule has 0 saturated heterocycles. The molecule has 1 aliphatic carbocycles. The number of nitrogens with two attached hydrogens (primary N) is 1. The van der Waals surface area contributed by atoms with E-state index in [1.54, 1.807) is 18.2 Å². The largest absolute Gasteiger partial charge is 0.397 e. The lowest BCUT2D eigenvalue weighted by molar-refractivity contribution is 0.595. The van der Waals surface area contributed by atoms with Crippen LogP contribution in [0.1, 0.15) is 19.3 Å². The lowest BCUT2D eigenvalue weighted by atomic mass is 10.3. The molecule has 1 aliphatic rings. The van der Waals surface area contributed by atoms with Crippen LogP contribution in [-0.4, -0.2) is 14.2 Å². The van der Waals surface area contributed by atoms with Crippen LogP contribution in [0.15, 0.2) is 18.2 Å². The van der Waals surface area contributed by atoms with Crippen LogP contribution in [0.4, 0.5) is 11.4 Å². The minimum Gasteiger partial charge on any atom is -0.397 e. The van der Waals surface area contributed by atoms with Gasteiger partial charge in [-0.25, -0.2) is 8.42 Å². The van der Waals surface area contributed by atoms with Crippen LogP contribution in [0.25, 0.3) is 0 Å². The van der Waals surface area contributed by atoms with E-state index in [1.165, 1.54) is 0 Å². The number of nitrogens with one attached hydrogen (secondary N) is 1. The third-order valence-corrected chi connectivity index (χ3v) is 4.40. The normalized spacial score (nSPS) is 15.8. The molecule has 1 saturated carbocycles. The molecule has 1 aromatic rings. The van der Waals surface area contributed by atoms with E-state index >= 15 is 0 Å². The highest BCUT2D eigenvalue weighted by atomic mass is 35.5. The van der Waals surface area contributed by atoms with Gasteiger partial charge in [-0.2, -0.15) is 0 Å². The summed E-state index contributed by atoms with van der Waals surface area (Å²) < 4.78 is 26.1. The Morgan fingerprint density at radius 3 is 2.71 bits per heavy atom. The molecule has 1 aromatic carbocycles. The van der Waals surface area contributed by atoms with Crippen LogP contribution in [0, 0.1) is 5.92 Å². The van der Waals surface area contributed by atoms with E-state index in [4.69, 9.17) is 17.3 Å². The molecule has 0 heterocycles. The fraction of sp³-hybridized carbons (Fsp3) is 0.455. The standard InChI is InChI=1S/C11H15ClN2O2S/c12-9-2-1-3-10(13)11(9)14-17(15,16)7-6-8-4-5-8/h1-3,8,14H,4-7,13H2. The van der Waals surface area contributed by atoms with Gasteiger partial charge in [0.2, 0.25) is 10.0 Å². The van der Waals surface area contributed by atoms with Gasteiger partial charge in [0.1, 0.15) is 0 Å². The molecule has 2 rings (SSSR count). The molecule has 0 bridgehead atoms. The molecule has 94 valence electrons. The molecule has 0 aliphatic heterocycles. The molecule has 0 amide bonds. The second-order valence-corrected chi connectivity index (χ2v) is 6.61. The zero-order valence-electron chi connectivity index (χ0n) is 9.32. The van der Waals surface area contributed by atoms with Gasteiger partial charge in [-0.3, -0.25) is 4.72 Å². The summed E-state index contributed by atoms with van der Waals surface area (Å²) in [6, 6.07) is 4.90. The van der Waals surface area contributed by atoms with Gasteiger partial charge in [-0.05, 0) is 24.5 Å². The SMILES string of the molecule is Nc1cccc(Cl)c1NS(=O)(=O)CCC1CC1. The van der Waals surface area contributed by atoms with Gasteiger partial charge in [-0.15, -0.1) is 0 Å². The lowest BCUT2D eigenvalue weighted by Gasteiger charge is -2.11. The van der Waals surface area contributed by atoms with Crippen LogP contribution in [0.5, 0.6) is 0 Å². The first kappa shape index (κ1) is 12.5. The zero-order chi connectivity index (χ0) is 12.5. The van der Waals surface area contributed by atoms with Gasteiger partial charge in [0, 0.05) is 0 Å². The summed E-state index contributed by atoms with van der Waals surface area (Å²) in [6.45, 7) is 0. The molecule has 1 fully saturated rings. The summed E-state index contributed by atoms with van der Waals surface area (Å²) in [5.41, 5.74) is 6.31. The quantitative estimate of drug-likeness (QED) is 0.810. The second kappa shape index (κ2) is 4.74. The van der Waals surface area contributed by atoms with Crippen LogP contribution >= 0.6 is 11.6 Å². The number of hydrogen-bond acceptors (Lipinski definition) is 3. The number of para-hydroxylation sites is 1. The third-order valence-electron chi connectivity index (χ3n) is 2.80. The number of nitrogen functional groups attached to an aromatic ring is 1. The van der Waals surface area contributed by atoms with Gasteiger partial charge >= 0.3 is 0 Å². The molecule has 0 atom stereocenters. The topological polar surface area (TPSA) is 72.2 Å². The lowest BCUT2D eigenvalue weighted by Crippen LogP contribution is -2.18. The Hall–Kier alpha value is -0.940. The Morgan fingerprint density at radius 1 is 1.41 bits per heavy atom. The van der Waals surface area contributed by atoms with Crippen molar-refractivity contribution in [2.75, 3.05) is 16.2 Å². The van der Waals surface area contributed by atoms with E-state index in [0.717, 1.165) is 12.8 Å². The van der Waals surface area contributed by atoms with Crippen LogP contribution in [0.3, 0.4) is 0 Å². The smallest absolute Gasteiger partial charge is 0.232 e. The molecule has 0 radical (unpaired) electrons. The van der Waals surface area contributed by atoms with E-state index in [1.807, 2.05) is 0 Å². The molecule has 0 unspecified atom stereocenters. The van der Waals surface area contributed by atoms with Crippen molar-refractivity contribution in [1.82, 2.24) is 0 Å². The summed E-state index contributed by atoms with van der Waals surface area (Å²) in [4.78, 5) is 0. The average Bonchev–Trinajstić information content (AvgIpc) is 3.05. The highest BCUT2D eigenvalue weighted by Gasteiger charge is 2.24. The van der Waals surface area contributed by atoms with E-state index in [2.05, 4.69) is 4.72 Å². The summed E-state index contributed by atoms with van der Waals surface area (Å²) in [5, 5.41) is 0.319. The highest BCUT2D eigenvalue weighted by molar-refractivity contribution is 7.92. The predicted molar refractivity (Wildman–Crippen MR) is 70.6 cm³/mol. The van der Waals surface area contributed by atoms with Crippen molar-refractivity contribution in [3.63, 3.8) is 0 Å². The molecule has 3 N–H and O–H groups in total. The van der Waals surface area contributed by atoms with Crippen molar-refractivity contribution >= 4 is 33.0 Å². The van der Waals surface area contributed by atoms with E-state index in [-0.39, 0.29) is 11.4 Å². The van der Waals surface area contributed by atoms with Crippen LogP contribution in [0.2, 0.25) is 5.02 Å². The fourth-order valence-electron chi connectivity index (χ4n) is 1.58. The van der Waals surface area contributed by atoms with Crippen molar-refractivity contribution in [3.05, 3.63) is 23.2 Å². The summed E-state index contributed by atoms with van der Waals surface area (Å²) in [6.07, 6.45) is 2.99. The van der Waals surface area contributed by atoms with Crippen molar-refractivity contribution in [1.29, 1.82) is 0 Å². The average molecular weight is 275 g/mol.